The highest BCUT2D eigenvalue weighted by Gasteiger charge is 2.45. The minimum absolute atomic E-state index is 0.0245. The van der Waals surface area contributed by atoms with Crippen molar-refractivity contribution >= 4 is 23.0 Å². The third-order valence-corrected chi connectivity index (χ3v) is 6.81. The van der Waals surface area contributed by atoms with Gasteiger partial charge in [0.05, 0.1) is 35.2 Å². The number of aryl methyl sites for hydroxylation is 1. The van der Waals surface area contributed by atoms with Crippen LogP contribution in [0.25, 0.3) is 16.9 Å². The van der Waals surface area contributed by atoms with E-state index < -0.39 is 29.6 Å². The topological polar surface area (TPSA) is 103 Å². The molecule has 3 heterocycles. The van der Waals surface area contributed by atoms with Gasteiger partial charge < -0.3 is 15.6 Å². The van der Waals surface area contributed by atoms with Gasteiger partial charge in [-0.2, -0.15) is 18.3 Å². The molecule has 2 atom stereocenters. The number of imidazole rings is 1. The van der Waals surface area contributed by atoms with Gasteiger partial charge in [0.15, 0.2) is 0 Å². The summed E-state index contributed by atoms with van der Waals surface area (Å²) in [6, 6.07) is 10.2. The van der Waals surface area contributed by atoms with E-state index in [-0.39, 0.29) is 17.3 Å². The van der Waals surface area contributed by atoms with E-state index in [0.717, 1.165) is 5.56 Å². The van der Waals surface area contributed by atoms with Crippen molar-refractivity contribution in [2.24, 2.45) is 23.7 Å². The minimum Gasteiger partial charge on any atom is -0.382 e. The number of nitrogens with one attached hydrogen (secondary N) is 1. The van der Waals surface area contributed by atoms with E-state index in [9.17, 15) is 18.0 Å². The highest BCUT2D eigenvalue weighted by molar-refractivity contribution is 6.00. The van der Waals surface area contributed by atoms with Gasteiger partial charge in [-0.15, -0.1) is 0 Å². The van der Waals surface area contributed by atoms with E-state index in [2.05, 4.69) is 20.4 Å². The molecule has 0 spiro atoms. The van der Waals surface area contributed by atoms with Crippen LogP contribution in [0.5, 0.6) is 0 Å². The van der Waals surface area contributed by atoms with Crippen molar-refractivity contribution in [1.82, 2.24) is 19.3 Å². The Morgan fingerprint density at radius 1 is 1.15 bits per heavy atom. The molecule has 202 valence electrons. The zero-order valence-corrected chi connectivity index (χ0v) is 21.9. The summed E-state index contributed by atoms with van der Waals surface area (Å²) in [6.45, 7) is 5.34. The fourth-order valence-electron chi connectivity index (χ4n) is 5.13. The number of alkyl halides is 3. The number of amides is 1. The molecule has 1 amide bonds. The van der Waals surface area contributed by atoms with Crippen molar-refractivity contribution in [2.75, 3.05) is 5.32 Å². The molecule has 0 saturated heterocycles. The average Bonchev–Trinajstić information content (AvgIpc) is 3.51. The lowest BCUT2D eigenvalue weighted by molar-refractivity contribution is -0.0630. The summed E-state index contributed by atoms with van der Waals surface area (Å²) in [5, 5.41) is 7.36. The minimum atomic E-state index is -4.63. The Hall–Kier alpha value is -4.41. The van der Waals surface area contributed by atoms with Crippen LogP contribution in [0.1, 0.15) is 48.2 Å². The Labute approximate surface area is 223 Å². The standard InChI is InChI=1S/C28H28F3N7O/c1-15(2)35-21-10-17(8-9-19(21)27(32)39)24-16(3)26(28(29,30)31)36-25-20(24)6-5-7-23(25)38-13-22(33-14-38)18-11-34-37(4)12-18/h5-16,24,35H,1-4H3,(H2,32,39). The van der Waals surface area contributed by atoms with Crippen molar-refractivity contribution in [3.63, 3.8) is 0 Å². The van der Waals surface area contributed by atoms with Crippen LogP contribution in [0.2, 0.25) is 0 Å². The molecule has 0 bridgehead atoms. The van der Waals surface area contributed by atoms with E-state index in [1.807, 2.05) is 20.0 Å². The van der Waals surface area contributed by atoms with Gasteiger partial charge in [-0.05, 0) is 43.2 Å². The number of benzene rings is 2. The molecular weight excluding hydrogens is 507 g/mol. The molecule has 0 aliphatic carbocycles. The second-order valence-electron chi connectivity index (χ2n) is 10.0. The molecule has 1 aliphatic rings. The maximum absolute atomic E-state index is 14.3. The van der Waals surface area contributed by atoms with Crippen LogP contribution in [0.4, 0.5) is 24.5 Å². The first kappa shape index (κ1) is 26.2. The average molecular weight is 536 g/mol. The van der Waals surface area contributed by atoms with Gasteiger partial charge in [-0.3, -0.25) is 9.48 Å². The SMILES string of the molecule is CC(C)Nc1cc(C2c3cccc(-n4cnc(-c5cnn(C)c5)c4)c3N=C(C(F)(F)F)C2C)ccc1C(N)=O. The number of para-hydroxylation sites is 1. The molecule has 0 saturated carbocycles. The third-order valence-electron chi connectivity index (χ3n) is 6.81. The number of nitrogens with two attached hydrogens (primary N) is 1. The Bertz CT molecular complexity index is 1580. The van der Waals surface area contributed by atoms with Crippen molar-refractivity contribution < 1.29 is 18.0 Å². The van der Waals surface area contributed by atoms with Crippen LogP contribution < -0.4 is 11.1 Å². The summed E-state index contributed by atoms with van der Waals surface area (Å²) in [6.07, 6.45) is 2.14. The quantitative estimate of drug-likeness (QED) is 0.335. The van der Waals surface area contributed by atoms with Gasteiger partial charge in [0.1, 0.15) is 5.71 Å². The van der Waals surface area contributed by atoms with E-state index in [0.29, 0.717) is 28.2 Å². The van der Waals surface area contributed by atoms with Crippen LogP contribution in [0.15, 0.2) is 66.3 Å². The second kappa shape index (κ2) is 9.72. The molecule has 3 N–H and O–H groups in total. The molecular formula is C28H28F3N7O. The summed E-state index contributed by atoms with van der Waals surface area (Å²) >= 11 is 0. The maximum atomic E-state index is 14.3. The number of halogens is 3. The van der Waals surface area contributed by atoms with Crippen LogP contribution in [0.3, 0.4) is 0 Å². The van der Waals surface area contributed by atoms with Crippen molar-refractivity contribution in [1.29, 1.82) is 0 Å². The first-order valence-electron chi connectivity index (χ1n) is 12.5. The van der Waals surface area contributed by atoms with E-state index >= 15 is 0 Å². The Morgan fingerprint density at radius 3 is 2.56 bits per heavy atom. The molecule has 11 heteroatoms. The number of primary amides is 1. The van der Waals surface area contributed by atoms with Gasteiger partial charge >= 0.3 is 6.18 Å². The molecule has 8 nitrogen and oxygen atoms in total. The number of hydrogen-bond donors (Lipinski definition) is 2. The zero-order valence-electron chi connectivity index (χ0n) is 21.9. The number of nitrogens with zero attached hydrogens (tertiary/aromatic N) is 5. The summed E-state index contributed by atoms with van der Waals surface area (Å²) in [7, 11) is 1.79. The number of carbonyl (C=O) groups is 1. The van der Waals surface area contributed by atoms with Crippen molar-refractivity contribution in [2.45, 2.75) is 38.9 Å². The second-order valence-corrected chi connectivity index (χ2v) is 10.0. The van der Waals surface area contributed by atoms with Gasteiger partial charge in [-0.25, -0.2) is 9.98 Å². The molecule has 39 heavy (non-hydrogen) atoms. The number of fused-ring (bicyclic) bond motifs is 1. The van der Waals surface area contributed by atoms with E-state index in [1.165, 1.54) is 6.92 Å². The molecule has 0 radical (unpaired) electrons. The van der Waals surface area contributed by atoms with Crippen molar-refractivity contribution in [3.8, 4) is 16.9 Å². The smallest absolute Gasteiger partial charge is 0.382 e. The number of carbonyl (C=O) groups excluding carboxylic acids is 1. The van der Waals surface area contributed by atoms with Crippen LogP contribution in [-0.2, 0) is 7.05 Å². The molecule has 2 aromatic heterocycles. The highest BCUT2D eigenvalue weighted by Crippen LogP contribution is 2.48. The van der Waals surface area contributed by atoms with Crippen LogP contribution >= 0.6 is 0 Å². The van der Waals surface area contributed by atoms with Gasteiger partial charge in [0.2, 0.25) is 0 Å². The predicted molar refractivity (Wildman–Crippen MR) is 144 cm³/mol. The molecule has 4 aromatic rings. The van der Waals surface area contributed by atoms with Crippen LogP contribution in [0, 0.1) is 5.92 Å². The lowest BCUT2D eigenvalue weighted by Gasteiger charge is -2.33. The lowest BCUT2D eigenvalue weighted by atomic mass is 9.76. The van der Waals surface area contributed by atoms with E-state index in [4.69, 9.17) is 5.73 Å². The third kappa shape index (κ3) is 4.91. The lowest BCUT2D eigenvalue weighted by Crippen LogP contribution is -2.35. The van der Waals surface area contributed by atoms with Crippen LogP contribution in [-0.4, -0.2) is 43.2 Å². The summed E-state index contributed by atoms with van der Waals surface area (Å²) in [5.41, 5.74) is 8.84. The number of hydrogen-bond acceptors (Lipinski definition) is 5. The largest absolute Gasteiger partial charge is 0.429 e. The Balaban J connectivity index is 1.68. The summed E-state index contributed by atoms with van der Waals surface area (Å²) in [4.78, 5) is 20.7. The molecule has 2 aromatic carbocycles. The van der Waals surface area contributed by atoms with Crippen molar-refractivity contribution in [3.05, 3.63) is 78.0 Å². The first-order chi connectivity index (χ1) is 18.4. The summed E-state index contributed by atoms with van der Waals surface area (Å²) in [5.74, 6) is -2.27. The Kier molecular flexibility index (Phi) is 6.53. The molecule has 0 fully saturated rings. The first-order valence-corrected chi connectivity index (χ1v) is 12.5. The van der Waals surface area contributed by atoms with Gasteiger partial charge in [0.25, 0.3) is 5.91 Å². The Morgan fingerprint density at radius 2 is 1.92 bits per heavy atom. The number of anilines is 1. The van der Waals surface area contributed by atoms with E-state index in [1.54, 1.807) is 71.4 Å². The fourth-order valence-corrected chi connectivity index (χ4v) is 5.13. The van der Waals surface area contributed by atoms with Gasteiger partial charge in [0, 0.05) is 48.6 Å². The number of aromatic nitrogens is 4. The predicted octanol–water partition coefficient (Wildman–Crippen LogP) is 5.61. The number of aliphatic imine (C=N–C) groups is 1. The normalized spacial score (nSPS) is 17.2. The number of rotatable bonds is 6. The molecule has 2 unspecified atom stereocenters. The zero-order chi connectivity index (χ0) is 28.1. The molecule has 1 aliphatic heterocycles. The fraction of sp³-hybridized carbons (Fsp3) is 0.286. The maximum Gasteiger partial charge on any atom is 0.429 e. The molecule has 5 rings (SSSR count). The highest BCUT2D eigenvalue weighted by atomic mass is 19.4. The summed E-state index contributed by atoms with van der Waals surface area (Å²) < 4.78 is 46.3. The monoisotopic (exact) mass is 535 g/mol. The van der Waals surface area contributed by atoms with Gasteiger partial charge in [-0.1, -0.05) is 25.1 Å².